The summed E-state index contributed by atoms with van der Waals surface area (Å²) in [4.78, 5) is 14.1. The maximum atomic E-state index is 11.9. The van der Waals surface area contributed by atoms with Gasteiger partial charge in [-0.25, -0.2) is 8.42 Å². The van der Waals surface area contributed by atoms with Gasteiger partial charge in [0.05, 0.1) is 23.1 Å². The molecule has 2 rings (SSSR count). The molecule has 6 heteroatoms. The highest BCUT2D eigenvalue weighted by atomic mass is 32.2. The lowest BCUT2D eigenvalue weighted by Gasteiger charge is -2.33. The third-order valence-corrected chi connectivity index (χ3v) is 4.86. The number of para-hydroxylation sites is 1. The molecule has 0 aliphatic carbocycles. The van der Waals surface area contributed by atoms with Crippen LogP contribution in [0.4, 0.5) is 5.69 Å². The summed E-state index contributed by atoms with van der Waals surface area (Å²) in [5, 5.41) is 0. The lowest BCUT2D eigenvalue weighted by Crippen LogP contribution is -2.37. The largest absolute Gasteiger partial charge is 0.466 e. The first-order valence-corrected chi connectivity index (χ1v) is 9.03. The zero-order valence-corrected chi connectivity index (χ0v) is 13.2. The van der Waals surface area contributed by atoms with E-state index >= 15 is 0 Å². The molecule has 0 radical (unpaired) electrons. The predicted molar refractivity (Wildman–Crippen MR) is 81.1 cm³/mol. The summed E-state index contributed by atoms with van der Waals surface area (Å²) in [6, 6.07) is 7.01. The van der Waals surface area contributed by atoms with Crippen LogP contribution < -0.4 is 4.90 Å². The Bertz CT molecular complexity index is 604. The fourth-order valence-electron chi connectivity index (χ4n) is 2.65. The van der Waals surface area contributed by atoms with Crippen molar-refractivity contribution < 1.29 is 17.9 Å². The van der Waals surface area contributed by atoms with Gasteiger partial charge in [0.25, 0.3) is 0 Å². The van der Waals surface area contributed by atoms with Gasteiger partial charge in [0.15, 0.2) is 9.84 Å². The van der Waals surface area contributed by atoms with Crippen molar-refractivity contribution >= 4 is 21.5 Å². The number of hydrogen-bond donors (Lipinski definition) is 0. The number of sulfone groups is 1. The van der Waals surface area contributed by atoms with Crippen LogP contribution in [0.15, 0.2) is 29.2 Å². The van der Waals surface area contributed by atoms with Gasteiger partial charge in [-0.2, -0.15) is 0 Å². The molecule has 5 nitrogen and oxygen atoms in total. The number of esters is 1. The summed E-state index contributed by atoms with van der Waals surface area (Å²) in [5.74, 6) is -0.222. The maximum Gasteiger partial charge on any atom is 0.309 e. The molecule has 1 aromatic rings. The zero-order valence-electron chi connectivity index (χ0n) is 12.4. The molecule has 1 aliphatic rings. The second kappa shape index (κ2) is 6.47. The Labute approximate surface area is 125 Å². The minimum absolute atomic E-state index is 0.0772. The second-order valence-electron chi connectivity index (χ2n) is 5.25. The number of carbonyl (C=O) groups is 1. The highest BCUT2D eigenvalue weighted by molar-refractivity contribution is 7.90. The van der Waals surface area contributed by atoms with Crippen LogP contribution in [0.2, 0.25) is 0 Å². The van der Waals surface area contributed by atoms with Crippen molar-refractivity contribution in [2.45, 2.75) is 24.7 Å². The molecule has 0 spiro atoms. The molecule has 0 aromatic heterocycles. The van der Waals surface area contributed by atoms with E-state index in [-0.39, 0.29) is 11.9 Å². The van der Waals surface area contributed by atoms with Crippen LogP contribution >= 0.6 is 0 Å². The average molecular weight is 311 g/mol. The van der Waals surface area contributed by atoms with Gasteiger partial charge in [-0.3, -0.25) is 4.79 Å². The van der Waals surface area contributed by atoms with Crippen molar-refractivity contribution in [3.8, 4) is 0 Å². The van der Waals surface area contributed by atoms with Crippen LogP contribution in [0, 0.1) is 5.92 Å². The molecule has 21 heavy (non-hydrogen) atoms. The fraction of sp³-hybridized carbons (Fsp3) is 0.533. The first kappa shape index (κ1) is 15.8. The first-order chi connectivity index (χ1) is 9.93. The van der Waals surface area contributed by atoms with Crippen LogP contribution in [-0.4, -0.2) is 40.3 Å². The summed E-state index contributed by atoms with van der Waals surface area (Å²) in [5.41, 5.74) is 0.724. The Morgan fingerprint density at radius 2 is 1.90 bits per heavy atom. The van der Waals surface area contributed by atoms with Gasteiger partial charge in [-0.1, -0.05) is 12.1 Å². The summed E-state index contributed by atoms with van der Waals surface area (Å²) < 4.78 is 28.8. The van der Waals surface area contributed by atoms with Crippen molar-refractivity contribution in [2.24, 2.45) is 5.92 Å². The van der Waals surface area contributed by atoms with Gasteiger partial charge in [0.1, 0.15) is 0 Å². The molecule has 0 amide bonds. The number of benzene rings is 1. The summed E-state index contributed by atoms with van der Waals surface area (Å²) in [6.45, 7) is 3.53. The van der Waals surface area contributed by atoms with E-state index in [0.29, 0.717) is 37.4 Å². The summed E-state index contributed by atoms with van der Waals surface area (Å²) in [7, 11) is -3.25. The van der Waals surface area contributed by atoms with Crippen molar-refractivity contribution in [3.05, 3.63) is 24.3 Å². The van der Waals surface area contributed by atoms with Crippen molar-refractivity contribution in [1.29, 1.82) is 0 Å². The van der Waals surface area contributed by atoms with E-state index in [9.17, 15) is 13.2 Å². The predicted octanol–water partition coefficient (Wildman–Crippen LogP) is 1.87. The quantitative estimate of drug-likeness (QED) is 0.794. The Balaban J connectivity index is 2.12. The van der Waals surface area contributed by atoms with Crippen LogP contribution in [-0.2, 0) is 19.4 Å². The summed E-state index contributed by atoms with van der Waals surface area (Å²) in [6.07, 6.45) is 2.60. The van der Waals surface area contributed by atoms with Gasteiger partial charge < -0.3 is 9.64 Å². The molecule has 0 saturated carbocycles. The van der Waals surface area contributed by atoms with E-state index in [2.05, 4.69) is 0 Å². The monoisotopic (exact) mass is 311 g/mol. The van der Waals surface area contributed by atoms with E-state index in [1.54, 1.807) is 19.1 Å². The van der Waals surface area contributed by atoms with Crippen molar-refractivity contribution in [2.75, 3.05) is 30.9 Å². The highest BCUT2D eigenvalue weighted by Crippen LogP contribution is 2.29. The van der Waals surface area contributed by atoms with Gasteiger partial charge in [-0.15, -0.1) is 0 Å². The molecule has 1 saturated heterocycles. The van der Waals surface area contributed by atoms with E-state index in [0.717, 1.165) is 5.69 Å². The smallest absolute Gasteiger partial charge is 0.309 e. The zero-order chi connectivity index (χ0) is 15.5. The number of piperidine rings is 1. The Hall–Kier alpha value is -1.56. The van der Waals surface area contributed by atoms with Crippen molar-refractivity contribution in [3.63, 3.8) is 0 Å². The van der Waals surface area contributed by atoms with Crippen molar-refractivity contribution in [1.82, 2.24) is 0 Å². The third kappa shape index (κ3) is 3.75. The molecule has 1 aliphatic heterocycles. The highest BCUT2D eigenvalue weighted by Gasteiger charge is 2.28. The minimum atomic E-state index is -3.25. The van der Waals surface area contributed by atoms with Gasteiger partial charge in [0.2, 0.25) is 0 Å². The minimum Gasteiger partial charge on any atom is -0.466 e. The topological polar surface area (TPSA) is 63.7 Å². The normalized spacial score (nSPS) is 16.8. The van der Waals surface area contributed by atoms with E-state index in [1.807, 2.05) is 17.0 Å². The number of nitrogens with zero attached hydrogens (tertiary/aromatic N) is 1. The Kier molecular flexibility index (Phi) is 4.88. The molecule has 0 unspecified atom stereocenters. The molecule has 0 bridgehead atoms. The third-order valence-electron chi connectivity index (χ3n) is 3.72. The summed E-state index contributed by atoms with van der Waals surface area (Å²) >= 11 is 0. The molecule has 0 N–H and O–H groups in total. The average Bonchev–Trinajstić information content (AvgIpc) is 2.47. The standard InChI is InChI=1S/C15H21NO4S/c1-3-20-15(17)12-8-10-16(11-9-12)13-6-4-5-7-14(13)21(2,18)19/h4-7,12H,3,8-11H2,1-2H3. The van der Waals surface area contributed by atoms with Crippen LogP contribution in [0.25, 0.3) is 0 Å². The lowest BCUT2D eigenvalue weighted by atomic mass is 9.96. The molecule has 116 valence electrons. The molecule has 0 atom stereocenters. The van der Waals surface area contributed by atoms with Crippen LogP contribution in [0.3, 0.4) is 0 Å². The van der Waals surface area contributed by atoms with Gasteiger partial charge >= 0.3 is 5.97 Å². The first-order valence-electron chi connectivity index (χ1n) is 7.14. The molecular weight excluding hydrogens is 290 g/mol. The number of carbonyl (C=O) groups excluding carboxylic acids is 1. The Morgan fingerprint density at radius 1 is 1.29 bits per heavy atom. The van der Waals surface area contributed by atoms with Gasteiger partial charge in [-0.05, 0) is 31.9 Å². The Morgan fingerprint density at radius 3 is 2.48 bits per heavy atom. The molecule has 1 fully saturated rings. The lowest BCUT2D eigenvalue weighted by molar-refractivity contribution is -0.148. The number of hydrogen-bond acceptors (Lipinski definition) is 5. The van der Waals surface area contributed by atoms with E-state index < -0.39 is 9.84 Å². The van der Waals surface area contributed by atoms with Gasteiger partial charge in [0, 0.05) is 19.3 Å². The van der Waals surface area contributed by atoms with E-state index in [1.165, 1.54) is 6.26 Å². The molecule has 1 aromatic carbocycles. The second-order valence-corrected chi connectivity index (χ2v) is 7.24. The number of rotatable bonds is 4. The number of anilines is 1. The fourth-order valence-corrected chi connectivity index (χ4v) is 3.55. The molecular formula is C15H21NO4S. The SMILES string of the molecule is CCOC(=O)C1CCN(c2ccccc2S(C)(=O)=O)CC1. The van der Waals surface area contributed by atoms with Crippen LogP contribution in [0.5, 0.6) is 0 Å². The molecule has 1 heterocycles. The van der Waals surface area contributed by atoms with Crippen LogP contribution in [0.1, 0.15) is 19.8 Å². The number of ether oxygens (including phenoxy) is 1. The van der Waals surface area contributed by atoms with E-state index in [4.69, 9.17) is 4.74 Å². The maximum absolute atomic E-state index is 11.9.